The van der Waals surface area contributed by atoms with Crippen LogP contribution in [0.15, 0.2) is 89.5 Å². The Morgan fingerprint density at radius 2 is 1.68 bits per heavy atom. The first-order valence-corrected chi connectivity index (χ1v) is 12.0. The van der Waals surface area contributed by atoms with Crippen molar-refractivity contribution >= 4 is 44.3 Å². The molecule has 4 N–H and O–H groups in total. The third-order valence-corrected chi connectivity index (χ3v) is 6.29. The van der Waals surface area contributed by atoms with E-state index in [9.17, 15) is 9.59 Å². The number of nitrogens with one attached hydrogen (secondary N) is 2. The van der Waals surface area contributed by atoms with Crippen molar-refractivity contribution in [2.24, 2.45) is 5.73 Å². The van der Waals surface area contributed by atoms with Crippen LogP contribution < -0.4 is 11.1 Å². The Morgan fingerprint density at radius 1 is 0.971 bits per heavy atom. The molecule has 7 heteroatoms. The molecule has 1 unspecified atom stereocenters. The Balaban J connectivity index is 1.67. The quantitative estimate of drug-likeness (QED) is 0.290. The lowest BCUT2D eigenvalue weighted by atomic mass is 10.0. The lowest BCUT2D eigenvalue weighted by Gasteiger charge is -2.31. The van der Waals surface area contributed by atoms with Crippen LogP contribution in [0.2, 0.25) is 0 Å². The second-order valence-corrected chi connectivity index (χ2v) is 8.96. The van der Waals surface area contributed by atoms with Crippen molar-refractivity contribution < 1.29 is 9.59 Å². The molecule has 6 nitrogen and oxygen atoms in total. The maximum atomic E-state index is 13.6. The fourth-order valence-corrected chi connectivity index (χ4v) is 4.36. The van der Waals surface area contributed by atoms with Gasteiger partial charge in [0.15, 0.2) is 0 Å². The van der Waals surface area contributed by atoms with Crippen LogP contribution in [-0.2, 0) is 16.0 Å². The Hall–Kier alpha value is -3.42. The Bertz CT molecular complexity index is 1250. The minimum Gasteiger partial charge on any atom is -0.361 e. The van der Waals surface area contributed by atoms with Crippen molar-refractivity contribution in [1.82, 2.24) is 9.88 Å². The topological polar surface area (TPSA) is 91.2 Å². The molecule has 4 aromatic rings. The number of para-hydroxylation sites is 2. The van der Waals surface area contributed by atoms with Gasteiger partial charge >= 0.3 is 0 Å². The first kappa shape index (κ1) is 23.7. The smallest absolute Gasteiger partial charge is 0.251 e. The number of benzene rings is 3. The molecule has 174 valence electrons. The molecule has 0 aliphatic rings. The van der Waals surface area contributed by atoms with Gasteiger partial charge in [-0.2, -0.15) is 0 Å². The highest BCUT2D eigenvalue weighted by Crippen LogP contribution is 2.27. The van der Waals surface area contributed by atoms with Crippen molar-refractivity contribution in [3.8, 4) is 0 Å². The summed E-state index contributed by atoms with van der Waals surface area (Å²) in [7, 11) is 0. The summed E-state index contributed by atoms with van der Waals surface area (Å²) < 4.78 is 0.900. The van der Waals surface area contributed by atoms with Crippen molar-refractivity contribution in [3.05, 3.63) is 101 Å². The first-order chi connectivity index (χ1) is 16.6. The van der Waals surface area contributed by atoms with Crippen LogP contribution in [0.3, 0.4) is 0 Å². The van der Waals surface area contributed by atoms with Gasteiger partial charge in [0.2, 0.25) is 5.91 Å². The van der Waals surface area contributed by atoms with Gasteiger partial charge in [0.1, 0.15) is 6.04 Å². The molecular weight excluding hydrogens is 492 g/mol. The standard InChI is InChI=1S/C27H27BrN4O2/c28-21-12-10-19(11-13-21)26(27(34)31-22-6-2-1-3-7-22)32(25(33)14-16-29)17-15-20-18-30-24-9-5-4-8-23(20)24/h1-13,18,26,30H,14-17,29H2,(H,31,34). The lowest BCUT2D eigenvalue weighted by molar-refractivity contribution is -0.138. The highest BCUT2D eigenvalue weighted by atomic mass is 79.9. The average molecular weight is 519 g/mol. The molecule has 1 heterocycles. The molecule has 0 saturated carbocycles. The first-order valence-electron chi connectivity index (χ1n) is 11.2. The van der Waals surface area contributed by atoms with Crippen LogP contribution in [0, 0.1) is 0 Å². The van der Waals surface area contributed by atoms with E-state index in [1.807, 2.05) is 79.0 Å². The number of carbonyl (C=O) groups is 2. The largest absolute Gasteiger partial charge is 0.361 e. The number of anilines is 1. The van der Waals surface area contributed by atoms with E-state index in [0.717, 1.165) is 26.5 Å². The fourth-order valence-electron chi connectivity index (χ4n) is 4.09. The number of halogens is 1. The Morgan fingerprint density at radius 3 is 2.41 bits per heavy atom. The zero-order valence-corrected chi connectivity index (χ0v) is 20.3. The third-order valence-electron chi connectivity index (χ3n) is 5.76. The van der Waals surface area contributed by atoms with Gasteiger partial charge in [0, 0.05) is 46.8 Å². The van der Waals surface area contributed by atoms with Gasteiger partial charge in [-0.1, -0.05) is 64.5 Å². The van der Waals surface area contributed by atoms with Crippen LogP contribution in [0.5, 0.6) is 0 Å². The SMILES string of the molecule is NCCC(=O)N(CCc1c[nH]c2ccccc12)C(C(=O)Nc1ccccc1)c1ccc(Br)cc1. The van der Waals surface area contributed by atoms with Crippen LogP contribution in [0.4, 0.5) is 5.69 Å². The predicted molar refractivity (Wildman–Crippen MR) is 139 cm³/mol. The van der Waals surface area contributed by atoms with Gasteiger partial charge in [-0.15, -0.1) is 0 Å². The lowest BCUT2D eigenvalue weighted by Crippen LogP contribution is -2.43. The molecule has 0 spiro atoms. The van der Waals surface area contributed by atoms with E-state index < -0.39 is 6.04 Å². The summed E-state index contributed by atoms with van der Waals surface area (Å²) in [6.07, 6.45) is 2.74. The van der Waals surface area contributed by atoms with Crippen molar-refractivity contribution in [3.63, 3.8) is 0 Å². The molecule has 4 rings (SSSR count). The van der Waals surface area contributed by atoms with E-state index in [2.05, 4.69) is 32.3 Å². The number of nitrogens with zero attached hydrogens (tertiary/aromatic N) is 1. The number of aromatic amines is 1. The van der Waals surface area contributed by atoms with Crippen LogP contribution >= 0.6 is 15.9 Å². The van der Waals surface area contributed by atoms with Gasteiger partial charge in [-0.3, -0.25) is 9.59 Å². The maximum Gasteiger partial charge on any atom is 0.251 e. The number of hydrogen-bond donors (Lipinski definition) is 3. The summed E-state index contributed by atoms with van der Waals surface area (Å²) in [6, 6.07) is 24.0. The number of rotatable bonds is 9. The molecular formula is C27H27BrN4O2. The van der Waals surface area contributed by atoms with Crippen molar-refractivity contribution in [1.29, 1.82) is 0 Å². The molecule has 2 amide bonds. The van der Waals surface area contributed by atoms with E-state index in [0.29, 0.717) is 18.7 Å². The zero-order chi connectivity index (χ0) is 23.9. The molecule has 0 aliphatic heterocycles. The molecule has 0 fully saturated rings. The molecule has 0 radical (unpaired) electrons. The number of carbonyl (C=O) groups excluding carboxylic acids is 2. The van der Waals surface area contributed by atoms with E-state index in [1.54, 1.807) is 4.90 Å². The molecule has 3 aromatic carbocycles. The number of amides is 2. The number of nitrogens with two attached hydrogens (primary N) is 1. The van der Waals surface area contributed by atoms with E-state index in [-0.39, 0.29) is 24.8 Å². The van der Waals surface area contributed by atoms with Gasteiger partial charge in [-0.25, -0.2) is 0 Å². The van der Waals surface area contributed by atoms with Crippen LogP contribution in [0.25, 0.3) is 10.9 Å². The Kier molecular flexibility index (Phi) is 7.77. The summed E-state index contributed by atoms with van der Waals surface area (Å²) in [5, 5.41) is 4.09. The van der Waals surface area contributed by atoms with Gasteiger partial charge < -0.3 is 20.9 Å². The molecule has 0 aliphatic carbocycles. The fraction of sp³-hybridized carbons (Fsp3) is 0.185. The minimum atomic E-state index is -0.794. The van der Waals surface area contributed by atoms with E-state index in [1.165, 1.54) is 0 Å². The highest BCUT2D eigenvalue weighted by molar-refractivity contribution is 9.10. The normalized spacial score (nSPS) is 11.8. The summed E-state index contributed by atoms with van der Waals surface area (Å²) in [6.45, 7) is 0.597. The summed E-state index contributed by atoms with van der Waals surface area (Å²) in [5.74, 6) is -0.420. The molecule has 34 heavy (non-hydrogen) atoms. The van der Waals surface area contributed by atoms with Crippen molar-refractivity contribution in [2.75, 3.05) is 18.4 Å². The van der Waals surface area contributed by atoms with E-state index >= 15 is 0 Å². The van der Waals surface area contributed by atoms with Crippen molar-refractivity contribution in [2.45, 2.75) is 18.9 Å². The summed E-state index contributed by atoms with van der Waals surface area (Å²) in [4.78, 5) is 31.8. The number of H-pyrrole nitrogens is 1. The second kappa shape index (κ2) is 11.1. The summed E-state index contributed by atoms with van der Waals surface area (Å²) >= 11 is 3.46. The average Bonchev–Trinajstić information content (AvgIpc) is 3.26. The van der Waals surface area contributed by atoms with Gasteiger partial charge in [0.05, 0.1) is 0 Å². The number of fused-ring (bicyclic) bond motifs is 1. The van der Waals surface area contributed by atoms with Crippen LogP contribution in [0.1, 0.15) is 23.6 Å². The Labute approximate surface area is 207 Å². The molecule has 1 aromatic heterocycles. The van der Waals surface area contributed by atoms with Gasteiger partial charge in [0.25, 0.3) is 5.91 Å². The monoisotopic (exact) mass is 518 g/mol. The molecule has 0 bridgehead atoms. The minimum absolute atomic E-state index is 0.154. The maximum absolute atomic E-state index is 13.6. The van der Waals surface area contributed by atoms with E-state index in [4.69, 9.17) is 5.73 Å². The zero-order valence-electron chi connectivity index (χ0n) is 18.7. The third kappa shape index (κ3) is 5.55. The number of aromatic nitrogens is 1. The molecule has 1 atom stereocenters. The number of hydrogen-bond acceptors (Lipinski definition) is 3. The molecule has 0 saturated heterocycles. The summed E-state index contributed by atoms with van der Waals surface area (Å²) in [5.41, 5.74) is 9.29. The highest BCUT2D eigenvalue weighted by Gasteiger charge is 2.31. The van der Waals surface area contributed by atoms with Gasteiger partial charge in [-0.05, 0) is 47.9 Å². The predicted octanol–water partition coefficient (Wildman–Crippen LogP) is 5.03. The van der Waals surface area contributed by atoms with Crippen LogP contribution in [-0.4, -0.2) is 34.8 Å². The second-order valence-electron chi connectivity index (χ2n) is 8.04.